The van der Waals surface area contributed by atoms with E-state index in [0.29, 0.717) is 0 Å². The zero-order chi connectivity index (χ0) is 30.9. The van der Waals surface area contributed by atoms with Crippen LogP contribution in [0, 0.1) is 0 Å². The van der Waals surface area contributed by atoms with E-state index >= 15 is 0 Å². The number of hydrogen-bond donors (Lipinski definition) is 3. The van der Waals surface area contributed by atoms with E-state index in [-0.39, 0.29) is 6.47 Å². The third-order valence-corrected chi connectivity index (χ3v) is 9.17. The van der Waals surface area contributed by atoms with Crippen molar-refractivity contribution in [3.05, 3.63) is 0 Å². The number of unbranched alkanes of at least 4 members (excludes halogenated alkanes) is 30. The van der Waals surface area contributed by atoms with Crippen molar-refractivity contribution in [2.75, 3.05) is 13.1 Å². The normalized spacial score (nSPS) is 11.1. The molecule has 0 rings (SSSR count). The van der Waals surface area contributed by atoms with Gasteiger partial charge < -0.3 is 5.11 Å². The quantitative estimate of drug-likeness (QED) is 0.0362. The van der Waals surface area contributed by atoms with Crippen LogP contribution in [-0.2, 0) is 19.7 Å². The summed E-state index contributed by atoms with van der Waals surface area (Å²) in [5, 5.41) is 6.89. The molecular weight excluding hydrogens is 563 g/mol. The monoisotopic (exact) mass is 641 g/mol. The second-order valence-electron chi connectivity index (χ2n) is 12.5. The molecule has 3 N–H and O–H groups in total. The third-order valence-electron chi connectivity index (χ3n) is 8.33. The molecule has 0 aliphatic rings. The van der Waals surface area contributed by atoms with Crippen molar-refractivity contribution in [2.24, 2.45) is 0 Å². The standard InChI is InChI=1S/2C18H38N.CH2O2.Ni/c2*1-2-3-4-5-6-7-8-9-10-11-12-13-14-15-16-17-18-19;2-1-3;/h2*19H,2-18H2,1H3;1H,(H,2,3);/q2*-1;;+2. The molecule has 0 amide bonds. The van der Waals surface area contributed by atoms with Crippen molar-refractivity contribution in [3.8, 4) is 0 Å². The van der Waals surface area contributed by atoms with E-state index in [1.54, 1.807) is 14.9 Å². The van der Waals surface area contributed by atoms with Gasteiger partial charge in [-0.3, -0.25) is 4.79 Å². The molecule has 258 valence electrons. The minimum atomic E-state index is -0.250. The van der Waals surface area contributed by atoms with Crippen LogP contribution in [0.25, 0.3) is 0 Å². The minimum Gasteiger partial charge on any atom is -0.483 e. The van der Waals surface area contributed by atoms with Gasteiger partial charge in [0, 0.05) is 0 Å². The van der Waals surface area contributed by atoms with Crippen LogP contribution in [0.1, 0.15) is 219 Å². The maximum atomic E-state index is 8.36. The van der Waals surface area contributed by atoms with Crippen molar-refractivity contribution >= 4 is 6.47 Å². The van der Waals surface area contributed by atoms with Crippen LogP contribution in [0.4, 0.5) is 0 Å². The Bertz CT molecular complexity index is 417. The predicted molar refractivity (Wildman–Crippen MR) is 184 cm³/mol. The Morgan fingerprint density at radius 1 is 0.381 bits per heavy atom. The zero-order valence-corrected chi connectivity index (χ0v) is 29.8. The molecule has 0 aromatic carbocycles. The van der Waals surface area contributed by atoms with E-state index < -0.39 is 0 Å². The molecule has 42 heavy (non-hydrogen) atoms. The van der Waals surface area contributed by atoms with Gasteiger partial charge in [0.05, 0.1) is 0 Å². The molecule has 0 radical (unpaired) electrons. The summed E-state index contributed by atoms with van der Waals surface area (Å²) >= 11 is 1.55. The molecule has 0 saturated carbocycles. The molecule has 0 fully saturated rings. The summed E-state index contributed by atoms with van der Waals surface area (Å²) in [6.07, 6.45) is 46.3. The first-order valence-electron chi connectivity index (χ1n) is 18.9. The smallest absolute Gasteiger partial charge is 0.483 e. The van der Waals surface area contributed by atoms with E-state index in [1.807, 2.05) is 0 Å². The zero-order valence-electron chi connectivity index (χ0n) is 28.8. The average molecular weight is 642 g/mol. The number of carbonyl (C=O) groups is 1. The molecule has 0 aliphatic heterocycles. The topological polar surface area (TPSA) is 61.4 Å². The summed E-state index contributed by atoms with van der Waals surface area (Å²) in [6, 6.07) is 0. The van der Waals surface area contributed by atoms with Crippen molar-refractivity contribution in [1.29, 1.82) is 0 Å². The van der Waals surface area contributed by atoms with Crippen LogP contribution in [0.5, 0.6) is 0 Å². The Hall–Kier alpha value is -0.116. The van der Waals surface area contributed by atoms with Gasteiger partial charge in [-0.1, -0.05) is 90.9 Å². The summed E-state index contributed by atoms with van der Waals surface area (Å²) < 4.78 is 7.03. The Kier molecular flexibility index (Phi) is 47.5. The van der Waals surface area contributed by atoms with Crippen LogP contribution in [-0.4, -0.2) is 24.7 Å². The van der Waals surface area contributed by atoms with Crippen molar-refractivity contribution in [1.82, 2.24) is 8.79 Å². The maximum absolute atomic E-state index is 8.36. The Labute approximate surface area is 271 Å². The van der Waals surface area contributed by atoms with Crippen LogP contribution >= 0.6 is 0 Å². The number of carboxylic acid groups (broad SMARTS) is 1. The molecule has 4 nitrogen and oxygen atoms in total. The van der Waals surface area contributed by atoms with Gasteiger partial charge in [-0.2, -0.15) is 0 Å². The molecule has 0 aliphatic carbocycles. The SMILES string of the molecule is CCCCCCCCCCCCCCCCCC[NH][Ni][NH]CCCCCCCCCCCCCCCCCC.O=CO. The third kappa shape index (κ3) is 46.8. The number of hydrogen-bond acceptors (Lipinski definition) is 3. The molecule has 0 aromatic rings. The fourth-order valence-electron chi connectivity index (χ4n) is 5.58. The molecule has 5 heteroatoms. The predicted octanol–water partition coefficient (Wildman–Crippen LogP) is 12.3. The van der Waals surface area contributed by atoms with Crippen molar-refractivity contribution < 1.29 is 24.8 Å². The molecule has 0 spiro atoms. The Morgan fingerprint density at radius 3 is 0.738 bits per heavy atom. The van der Waals surface area contributed by atoms with Gasteiger partial charge in [0.2, 0.25) is 0 Å². The molecule has 0 saturated heterocycles. The molecule has 0 atom stereocenters. The van der Waals surface area contributed by atoms with Crippen LogP contribution in [0.2, 0.25) is 0 Å². The van der Waals surface area contributed by atoms with E-state index in [4.69, 9.17) is 9.90 Å². The molecule has 0 bridgehead atoms. The Morgan fingerprint density at radius 2 is 0.548 bits per heavy atom. The van der Waals surface area contributed by atoms with Crippen LogP contribution in [0.3, 0.4) is 0 Å². The van der Waals surface area contributed by atoms with Gasteiger partial charge in [0.1, 0.15) is 0 Å². The summed E-state index contributed by atoms with van der Waals surface area (Å²) in [7, 11) is 0. The van der Waals surface area contributed by atoms with E-state index in [2.05, 4.69) is 22.6 Å². The number of nitrogens with one attached hydrogen (secondary N) is 2. The summed E-state index contributed by atoms with van der Waals surface area (Å²) in [5.41, 5.74) is 0. The Balaban J connectivity index is 0. The second-order valence-corrected chi connectivity index (χ2v) is 13.5. The first-order valence-corrected chi connectivity index (χ1v) is 19.9. The molecule has 0 aromatic heterocycles. The van der Waals surface area contributed by atoms with Gasteiger partial charge in [0.15, 0.2) is 0 Å². The van der Waals surface area contributed by atoms with Crippen LogP contribution in [0.15, 0.2) is 0 Å². The first-order chi connectivity index (χ1) is 20.8. The van der Waals surface area contributed by atoms with Gasteiger partial charge in [0.25, 0.3) is 6.47 Å². The van der Waals surface area contributed by atoms with Gasteiger partial charge in [-0.05, 0) is 0 Å². The van der Waals surface area contributed by atoms with Crippen molar-refractivity contribution in [3.63, 3.8) is 0 Å². The van der Waals surface area contributed by atoms with E-state index in [1.165, 1.54) is 205 Å². The second kappa shape index (κ2) is 45.3. The van der Waals surface area contributed by atoms with Gasteiger partial charge >= 0.3 is 165 Å². The minimum absolute atomic E-state index is 0.250. The number of rotatable bonds is 36. The fraction of sp³-hybridized carbons (Fsp3) is 0.973. The van der Waals surface area contributed by atoms with E-state index in [9.17, 15) is 0 Å². The molecular formula is C37H78N2NiO2. The summed E-state index contributed by atoms with van der Waals surface area (Å²) in [5.74, 6) is 0. The van der Waals surface area contributed by atoms with Gasteiger partial charge in [-0.15, -0.1) is 0 Å². The van der Waals surface area contributed by atoms with Crippen molar-refractivity contribution in [2.45, 2.75) is 219 Å². The molecule has 0 heterocycles. The summed E-state index contributed by atoms with van der Waals surface area (Å²) in [6.45, 7) is 6.67. The van der Waals surface area contributed by atoms with Crippen LogP contribution < -0.4 is 8.79 Å². The molecule has 0 unspecified atom stereocenters. The van der Waals surface area contributed by atoms with Gasteiger partial charge in [-0.25, -0.2) is 0 Å². The average Bonchev–Trinajstić information content (AvgIpc) is 2.99. The summed E-state index contributed by atoms with van der Waals surface area (Å²) in [4.78, 5) is 8.36. The van der Waals surface area contributed by atoms with E-state index in [0.717, 1.165) is 13.1 Å². The first kappa shape index (κ1) is 44.0. The fourth-order valence-corrected chi connectivity index (χ4v) is 6.30.